The zero-order valence-electron chi connectivity index (χ0n) is 14.9. The molecule has 0 bridgehead atoms. The Hall–Kier alpha value is -2.47. The molecule has 0 radical (unpaired) electrons. The number of benzene rings is 1. The average molecular weight is 354 g/mol. The van der Waals surface area contributed by atoms with Crippen LogP contribution in [0, 0.1) is 0 Å². The minimum Gasteiger partial charge on any atom is -0.350 e. The third-order valence-corrected chi connectivity index (χ3v) is 4.72. The van der Waals surface area contributed by atoms with Crippen molar-refractivity contribution in [2.24, 2.45) is 0 Å². The summed E-state index contributed by atoms with van der Waals surface area (Å²) in [5.41, 5.74) is 0.909. The summed E-state index contributed by atoms with van der Waals surface area (Å²) < 4.78 is 0. The Morgan fingerprint density at radius 3 is 2.60 bits per heavy atom. The van der Waals surface area contributed by atoms with E-state index in [9.17, 15) is 4.79 Å². The van der Waals surface area contributed by atoms with Gasteiger partial charge in [-0.1, -0.05) is 30.3 Å². The quantitative estimate of drug-likeness (QED) is 0.776. The molecule has 0 unspecified atom stereocenters. The number of likely N-dealkylation sites (N-methyl/N-ethyl adjacent to an activating group) is 1. The molecule has 1 aromatic carbocycles. The summed E-state index contributed by atoms with van der Waals surface area (Å²) in [6, 6.07) is 12.3. The number of nitrogens with one attached hydrogen (secondary N) is 1. The zero-order valence-corrected chi connectivity index (χ0v) is 15.7. The molecule has 0 aliphatic rings. The van der Waals surface area contributed by atoms with Gasteiger partial charge < -0.3 is 10.2 Å². The van der Waals surface area contributed by atoms with Crippen LogP contribution in [0.1, 0.15) is 20.8 Å². The predicted molar refractivity (Wildman–Crippen MR) is 104 cm³/mol. The SMILES string of the molecule is CN(CC(=O)NC(C)(C)C)c1ncnc2sc(-c3ccccc3)cc12. The standard InChI is InChI=1S/C19H22N4OS/c1-19(2,3)22-16(24)11-23(4)17-14-10-15(13-8-6-5-7-9-13)25-18(14)21-12-20-17/h5-10,12H,11H2,1-4H3,(H,22,24). The molecule has 1 N–H and O–H groups in total. The van der Waals surface area contributed by atoms with E-state index in [1.165, 1.54) is 0 Å². The lowest BCUT2D eigenvalue weighted by Gasteiger charge is -2.24. The molecule has 0 spiro atoms. The molecule has 1 amide bonds. The van der Waals surface area contributed by atoms with Gasteiger partial charge in [0.2, 0.25) is 5.91 Å². The Bertz CT molecular complexity index is 883. The van der Waals surface area contributed by atoms with Crippen molar-refractivity contribution in [2.75, 3.05) is 18.5 Å². The van der Waals surface area contributed by atoms with Gasteiger partial charge in [0.15, 0.2) is 0 Å². The fourth-order valence-electron chi connectivity index (χ4n) is 2.64. The Kier molecular flexibility index (Phi) is 4.72. The molecule has 0 fully saturated rings. The molecule has 0 aliphatic carbocycles. The molecule has 6 heteroatoms. The van der Waals surface area contributed by atoms with Gasteiger partial charge in [0.05, 0.1) is 11.9 Å². The number of rotatable bonds is 4. The third kappa shape index (κ3) is 4.14. The first-order valence-electron chi connectivity index (χ1n) is 8.15. The first-order chi connectivity index (χ1) is 11.8. The second kappa shape index (κ2) is 6.80. The number of carbonyl (C=O) groups is 1. The minimum absolute atomic E-state index is 0.0275. The van der Waals surface area contributed by atoms with Crippen LogP contribution in [0.4, 0.5) is 5.82 Å². The number of fused-ring (bicyclic) bond motifs is 1. The van der Waals surface area contributed by atoms with Gasteiger partial charge in [-0.15, -0.1) is 11.3 Å². The molecule has 5 nitrogen and oxygen atoms in total. The van der Waals surface area contributed by atoms with Crippen molar-refractivity contribution in [3.8, 4) is 10.4 Å². The molecule has 2 heterocycles. The second-order valence-corrected chi connectivity index (χ2v) is 8.08. The van der Waals surface area contributed by atoms with Crippen molar-refractivity contribution in [3.05, 3.63) is 42.7 Å². The van der Waals surface area contributed by atoms with Crippen molar-refractivity contribution in [2.45, 2.75) is 26.3 Å². The molecule has 0 saturated carbocycles. The van der Waals surface area contributed by atoms with E-state index in [1.54, 1.807) is 17.7 Å². The van der Waals surface area contributed by atoms with Gasteiger partial charge >= 0.3 is 0 Å². The number of aromatic nitrogens is 2. The van der Waals surface area contributed by atoms with Gasteiger partial charge in [0.25, 0.3) is 0 Å². The summed E-state index contributed by atoms with van der Waals surface area (Å²) in [6.07, 6.45) is 1.56. The minimum atomic E-state index is -0.248. The molecular weight excluding hydrogens is 332 g/mol. The number of hydrogen-bond donors (Lipinski definition) is 1. The lowest BCUT2D eigenvalue weighted by atomic mass is 10.1. The largest absolute Gasteiger partial charge is 0.350 e. The van der Waals surface area contributed by atoms with E-state index >= 15 is 0 Å². The Balaban J connectivity index is 1.89. The summed E-state index contributed by atoms with van der Waals surface area (Å²) in [4.78, 5) is 24.9. The molecule has 3 rings (SSSR count). The highest BCUT2D eigenvalue weighted by Crippen LogP contribution is 2.35. The molecule has 0 atom stereocenters. The first kappa shape index (κ1) is 17.4. The van der Waals surface area contributed by atoms with Crippen molar-refractivity contribution < 1.29 is 4.79 Å². The highest BCUT2D eigenvalue weighted by atomic mass is 32.1. The van der Waals surface area contributed by atoms with E-state index in [2.05, 4.69) is 33.5 Å². The normalized spacial score (nSPS) is 11.5. The van der Waals surface area contributed by atoms with Gasteiger partial charge in [-0.2, -0.15) is 0 Å². The molecule has 3 aromatic rings. The van der Waals surface area contributed by atoms with Gasteiger partial charge in [-0.3, -0.25) is 4.79 Å². The van der Waals surface area contributed by atoms with Crippen LogP contribution in [0.5, 0.6) is 0 Å². The highest BCUT2D eigenvalue weighted by molar-refractivity contribution is 7.21. The van der Waals surface area contributed by atoms with E-state index < -0.39 is 0 Å². The summed E-state index contributed by atoms with van der Waals surface area (Å²) >= 11 is 1.63. The van der Waals surface area contributed by atoms with E-state index in [1.807, 2.05) is 50.9 Å². The van der Waals surface area contributed by atoms with Crippen LogP contribution in [0.25, 0.3) is 20.7 Å². The topological polar surface area (TPSA) is 58.1 Å². The Labute approximate surface area is 151 Å². The van der Waals surface area contributed by atoms with Gasteiger partial charge in [0.1, 0.15) is 17.0 Å². The summed E-state index contributed by atoms with van der Waals surface area (Å²) in [7, 11) is 1.88. The number of nitrogens with zero attached hydrogens (tertiary/aromatic N) is 3. The number of thiophene rings is 1. The lowest BCUT2D eigenvalue weighted by molar-refractivity contribution is -0.121. The maximum Gasteiger partial charge on any atom is 0.239 e. The maximum atomic E-state index is 12.2. The van der Waals surface area contributed by atoms with Crippen LogP contribution in [-0.4, -0.2) is 35.0 Å². The highest BCUT2D eigenvalue weighted by Gasteiger charge is 2.18. The van der Waals surface area contributed by atoms with E-state index in [0.29, 0.717) is 0 Å². The van der Waals surface area contributed by atoms with Gasteiger partial charge in [0, 0.05) is 17.5 Å². The van der Waals surface area contributed by atoms with Gasteiger partial charge in [-0.25, -0.2) is 9.97 Å². The summed E-state index contributed by atoms with van der Waals surface area (Å²) in [5.74, 6) is 0.743. The number of amides is 1. The molecule has 130 valence electrons. The Morgan fingerprint density at radius 1 is 1.20 bits per heavy atom. The second-order valence-electron chi connectivity index (χ2n) is 7.05. The molecule has 0 aliphatic heterocycles. The fourth-order valence-corrected chi connectivity index (χ4v) is 3.64. The van der Waals surface area contributed by atoms with E-state index in [4.69, 9.17) is 0 Å². The van der Waals surface area contributed by atoms with Crippen LogP contribution in [0.2, 0.25) is 0 Å². The van der Waals surface area contributed by atoms with Crippen LogP contribution in [0.3, 0.4) is 0 Å². The maximum absolute atomic E-state index is 12.2. The summed E-state index contributed by atoms with van der Waals surface area (Å²) in [6.45, 7) is 6.16. The predicted octanol–water partition coefficient (Wildman–Crippen LogP) is 3.71. The first-order valence-corrected chi connectivity index (χ1v) is 8.97. The van der Waals surface area contributed by atoms with Crippen LogP contribution >= 0.6 is 11.3 Å². The smallest absolute Gasteiger partial charge is 0.239 e. The van der Waals surface area contributed by atoms with E-state index in [-0.39, 0.29) is 18.0 Å². The lowest BCUT2D eigenvalue weighted by Crippen LogP contribution is -2.45. The van der Waals surface area contributed by atoms with E-state index in [0.717, 1.165) is 26.5 Å². The molecule has 0 saturated heterocycles. The van der Waals surface area contributed by atoms with Crippen LogP contribution < -0.4 is 10.2 Å². The number of hydrogen-bond acceptors (Lipinski definition) is 5. The number of anilines is 1. The third-order valence-electron chi connectivity index (χ3n) is 3.62. The van der Waals surface area contributed by atoms with Crippen LogP contribution in [-0.2, 0) is 4.79 Å². The fraction of sp³-hybridized carbons (Fsp3) is 0.316. The zero-order chi connectivity index (χ0) is 18.0. The summed E-state index contributed by atoms with van der Waals surface area (Å²) in [5, 5.41) is 3.95. The molecule has 2 aromatic heterocycles. The Morgan fingerprint density at radius 2 is 1.92 bits per heavy atom. The van der Waals surface area contributed by atoms with Crippen LogP contribution in [0.15, 0.2) is 42.7 Å². The molecular formula is C19H22N4OS. The van der Waals surface area contributed by atoms with Crippen molar-refractivity contribution >= 4 is 33.3 Å². The monoisotopic (exact) mass is 354 g/mol. The molecule has 25 heavy (non-hydrogen) atoms. The van der Waals surface area contributed by atoms with Crippen molar-refractivity contribution in [3.63, 3.8) is 0 Å². The van der Waals surface area contributed by atoms with Crippen molar-refractivity contribution in [1.29, 1.82) is 0 Å². The average Bonchev–Trinajstić information content (AvgIpc) is 2.97. The number of carbonyl (C=O) groups excluding carboxylic acids is 1. The van der Waals surface area contributed by atoms with Gasteiger partial charge in [-0.05, 0) is 32.4 Å². The van der Waals surface area contributed by atoms with Crippen molar-refractivity contribution in [1.82, 2.24) is 15.3 Å².